The molecule has 12 heteroatoms. The largest absolute Gasteiger partial charge is 0.508 e. The van der Waals surface area contributed by atoms with Crippen molar-refractivity contribution < 1.29 is 36.9 Å². The van der Waals surface area contributed by atoms with Crippen molar-refractivity contribution in [1.82, 2.24) is 10.2 Å². The summed E-state index contributed by atoms with van der Waals surface area (Å²) in [5, 5.41) is 23.9. The van der Waals surface area contributed by atoms with Crippen LogP contribution in [0.1, 0.15) is 86.3 Å². The van der Waals surface area contributed by atoms with E-state index in [9.17, 15) is 32.2 Å². The predicted octanol–water partition coefficient (Wildman–Crippen LogP) is 5.36. The Morgan fingerprint density at radius 1 is 1.00 bits per heavy atom. The minimum Gasteiger partial charge on any atom is -0.508 e. The van der Waals surface area contributed by atoms with Gasteiger partial charge in [-0.2, -0.15) is 0 Å². The Morgan fingerprint density at radius 3 is 2.27 bits per heavy atom. The molecule has 0 spiro atoms. The molecule has 1 saturated carbocycles. The smallest absolute Gasteiger partial charge is 0.251 e. The molecule has 0 radical (unpaired) electrons. The van der Waals surface area contributed by atoms with Crippen molar-refractivity contribution in [3.8, 4) is 5.75 Å². The van der Waals surface area contributed by atoms with Gasteiger partial charge in [0.25, 0.3) is 5.91 Å². The molecule has 3 aromatic carbocycles. The molecule has 3 aromatic rings. The average Bonchev–Trinajstić information content (AvgIpc) is 4.02. The first-order chi connectivity index (χ1) is 24.3. The van der Waals surface area contributed by atoms with Crippen LogP contribution in [0, 0.1) is 11.6 Å². The lowest BCUT2D eigenvalue weighted by atomic mass is 9.96. The molecule has 9 nitrogen and oxygen atoms in total. The molecule has 3 unspecified atom stereocenters. The van der Waals surface area contributed by atoms with Gasteiger partial charge in [-0.1, -0.05) is 63.9 Å². The fraction of sp³-hybridized carbons (Fsp3) is 0.513. The van der Waals surface area contributed by atoms with Crippen molar-refractivity contribution in [1.29, 1.82) is 0 Å². The van der Waals surface area contributed by atoms with E-state index in [4.69, 9.17) is 10.5 Å². The maximum atomic E-state index is 14.0. The summed E-state index contributed by atoms with van der Waals surface area (Å²) in [6, 6.07) is 15.4. The van der Waals surface area contributed by atoms with E-state index < -0.39 is 68.7 Å². The molecule has 278 valence electrons. The molecule has 5 rings (SSSR count). The van der Waals surface area contributed by atoms with Crippen LogP contribution in [0.25, 0.3) is 0 Å². The number of aliphatic hydroxyl groups is 1. The van der Waals surface area contributed by atoms with E-state index in [2.05, 4.69) is 18.3 Å². The summed E-state index contributed by atoms with van der Waals surface area (Å²) in [4.78, 5) is 15.5. The lowest BCUT2D eigenvalue weighted by molar-refractivity contribution is 0.0306. The van der Waals surface area contributed by atoms with E-state index in [1.807, 2.05) is 36.9 Å². The fourth-order valence-electron chi connectivity index (χ4n) is 7.25. The third-order valence-electron chi connectivity index (χ3n) is 10.2. The molecule has 2 fully saturated rings. The van der Waals surface area contributed by atoms with E-state index in [1.165, 1.54) is 36.4 Å². The number of ether oxygens (including phenoxy) is 1. The maximum absolute atomic E-state index is 14.0. The second kappa shape index (κ2) is 16.5. The number of carbonyl (C=O) groups excluding carboxylic acids is 1. The van der Waals surface area contributed by atoms with Crippen molar-refractivity contribution in [3.05, 3.63) is 101 Å². The van der Waals surface area contributed by atoms with Crippen LogP contribution in [0.3, 0.4) is 0 Å². The van der Waals surface area contributed by atoms with Crippen LogP contribution in [0.4, 0.5) is 8.78 Å². The number of halogens is 2. The third-order valence-corrected chi connectivity index (χ3v) is 12.5. The average molecular weight is 728 g/mol. The highest BCUT2D eigenvalue weighted by atomic mass is 32.2. The third kappa shape index (κ3) is 9.53. The SMILES string of the molecule is CCCC(CCC)S(=O)(=O)CC(NC(=O)c1cccc(O)c1)C1OC1N(C[C@@H](O)[C@@H](N)Cc1cc(F)cc(F)c1)C1(c2cccc(CC)c2)CC1. The van der Waals surface area contributed by atoms with E-state index in [0.717, 1.165) is 36.5 Å². The molecule has 1 aliphatic heterocycles. The Bertz CT molecular complexity index is 1740. The molecule has 1 amide bonds. The van der Waals surface area contributed by atoms with Gasteiger partial charge in [0.05, 0.1) is 23.1 Å². The van der Waals surface area contributed by atoms with Gasteiger partial charge in [-0.15, -0.1) is 0 Å². The number of carbonyl (C=O) groups is 1. The highest BCUT2D eigenvalue weighted by Gasteiger charge is 2.61. The summed E-state index contributed by atoms with van der Waals surface area (Å²) >= 11 is 0. The standard InChI is InChI=1S/C39H51F2N3O6S/c1-4-9-32(10-5-2)51(48,49)24-34(43-37(47)27-12-8-14-31(45)21-27)36-38(50-36)44(39(15-16-39)28-13-7-11-25(6-3)17-28)23-35(46)33(42)20-26-18-29(40)22-30(41)19-26/h7-8,11-14,17-19,21-22,32-36,38,45-46H,4-6,9-10,15-16,20,23-24,42H2,1-3H3,(H,43,47)/t33-,34?,35+,36?,38?/m0/s1. The molecule has 1 saturated heterocycles. The number of epoxide rings is 1. The number of nitrogens with zero attached hydrogens (tertiary/aromatic N) is 1. The number of phenolic OH excluding ortho intramolecular Hbond substituents is 1. The first kappa shape index (κ1) is 38.8. The Morgan fingerprint density at radius 2 is 1.67 bits per heavy atom. The zero-order valence-corrected chi connectivity index (χ0v) is 30.4. The van der Waals surface area contributed by atoms with Gasteiger partial charge in [0, 0.05) is 29.8 Å². The van der Waals surface area contributed by atoms with Crippen LogP contribution in [0.5, 0.6) is 5.75 Å². The quantitative estimate of drug-likeness (QED) is 0.121. The molecule has 5 atom stereocenters. The molecular weight excluding hydrogens is 677 g/mol. The van der Waals surface area contributed by atoms with Gasteiger partial charge in [0.15, 0.2) is 9.84 Å². The number of hydrogen-bond acceptors (Lipinski definition) is 8. The van der Waals surface area contributed by atoms with Crippen LogP contribution in [-0.4, -0.2) is 77.5 Å². The number of aryl methyl sites for hydroxylation is 1. The molecule has 1 heterocycles. The number of aromatic hydroxyl groups is 1. The molecule has 0 aromatic heterocycles. The molecule has 1 aliphatic carbocycles. The number of amides is 1. The van der Waals surface area contributed by atoms with Gasteiger partial charge in [0.2, 0.25) is 0 Å². The second-order valence-corrected chi connectivity index (χ2v) is 16.4. The normalized spacial score (nSPS) is 19.9. The van der Waals surface area contributed by atoms with Gasteiger partial charge in [-0.3, -0.25) is 9.69 Å². The first-order valence-electron chi connectivity index (χ1n) is 18.0. The summed E-state index contributed by atoms with van der Waals surface area (Å²) in [6.07, 6.45) is 2.17. The van der Waals surface area contributed by atoms with E-state index in [-0.39, 0.29) is 30.0 Å². The van der Waals surface area contributed by atoms with Crippen LogP contribution in [-0.2, 0) is 33.0 Å². The molecule has 2 aliphatic rings. The monoisotopic (exact) mass is 727 g/mol. The predicted molar refractivity (Wildman–Crippen MR) is 193 cm³/mol. The zero-order chi connectivity index (χ0) is 36.9. The van der Waals surface area contributed by atoms with Crippen molar-refractivity contribution in [3.63, 3.8) is 0 Å². The minimum absolute atomic E-state index is 0.0219. The van der Waals surface area contributed by atoms with Gasteiger partial charge < -0.3 is 26.0 Å². The number of nitrogens with two attached hydrogens (primary N) is 1. The summed E-state index contributed by atoms with van der Waals surface area (Å²) in [7, 11) is -3.69. The summed E-state index contributed by atoms with van der Waals surface area (Å²) in [5.41, 5.74) is 8.58. The minimum atomic E-state index is -3.69. The van der Waals surface area contributed by atoms with Crippen LogP contribution < -0.4 is 11.1 Å². The molecular formula is C39H51F2N3O6S. The van der Waals surface area contributed by atoms with Crippen LogP contribution in [0.2, 0.25) is 0 Å². The number of hydrogen-bond donors (Lipinski definition) is 4. The van der Waals surface area contributed by atoms with Gasteiger partial charge in [-0.05, 0) is 85.5 Å². The highest BCUT2D eigenvalue weighted by molar-refractivity contribution is 7.92. The Balaban J connectivity index is 1.46. The molecule has 51 heavy (non-hydrogen) atoms. The zero-order valence-electron chi connectivity index (χ0n) is 29.6. The topological polar surface area (TPSA) is 145 Å². The fourth-order valence-corrected chi connectivity index (χ4v) is 9.48. The maximum Gasteiger partial charge on any atom is 0.251 e. The first-order valence-corrected chi connectivity index (χ1v) is 19.7. The lowest BCUT2D eigenvalue weighted by Crippen LogP contribution is -2.52. The van der Waals surface area contributed by atoms with Gasteiger partial charge in [0.1, 0.15) is 29.7 Å². The van der Waals surface area contributed by atoms with Gasteiger partial charge in [-0.25, -0.2) is 17.2 Å². The van der Waals surface area contributed by atoms with Crippen molar-refractivity contribution in [2.45, 2.75) is 113 Å². The Labute approximate surface area is 300 Å². The molecule has 0 bridgehead atoms. The summed E-state index contributed by atoms with van der Waals surface area (Å²) < 4.78 is 62.1. The Hall–Kier alpha value is -3.42. The van der Waals surface area contributed by atoms with Gasteiger partial charge >= 0.3 is 0 Å². The van der Waals surface area contributed by atoms with Crippen LogP contribution in [0.15, 0.2) is 66.7 Å². The number of rotatable bonds is 19. The molecule has 5 N–H and O–H groups in total. The number of phenols is 1. The number of benzene rings is 3. The van der Waals surface area contributed by atoms with E-state index >= 15 is 0 Å². The summed E-state index contributed by atoms with van der Waals surface area (Å²) in [5.74, 6) is -2.45. The van der Waals surface area contributed by atoms with Crippen molar-refractivity contribution in [2.24, 2.45) is 5.73 Å². The van der Waals surface area contributed by atoms with Crippen molar-refractivity contribution in [2.75, 3.05) is 12.3 Å². The van der Waals surface area contributed by atoms with E-state index in [0.29, 0.717) is 31.2 Å². The summed E-state index contributed by atoms with van der Waals surface area (Å²) in [6.45, 7) is 5.99. The number of nitrogens with one attached hydrogen (secondary N) is 1. The van der Waals surface area contributed by atoms with Crippen LogP contribution >= 0.6 is 0 Å². The van der Waals surface area contributed by atoms with E-state index in [1.54, 1.807) is 0 Å². The number of sulfone groups is 1. The second-order valence-electron chi connectivity index (χ2n) is 14.1. The lowest BCUT2D eigenvalue weighted by Gasteiger charge is -2.35. The Kier molecular flexibility index (Phi) is 12.6. The number of aliphatic hydroxyl groups excluding tert-OH is 1. The highest BCUT2D eigenvalue weighted by Crippen LogP contribution is 2.55. The van der Waals surface area contributed by atoms with Crippen molar-refractivity contribution >= 4 is 15.7 Å².